The summed E-state index contributed by atoms with van der Waals surface area (Å²) in [6.07, 6.45) is 0.946. The summed E-state index contributed by atoms with van der Waals surface area (Å²) in [6, 6.07) is 9.98. The zero-order valence-corrected chi connectivity index (χ0v) is 14.7. The van der Waals surface area contributed by atoms with Gasteiger partial charge in [0.15, 0.2) is 5.82 Å². The number of ether oxygens (including phenoxy) is 1. The van der Waals surface area contributed by atoms with Crippen LogP contribution in [-0.4, -0.2) is 58.1 Å². The van der Waals surface area contributed by atoms with Gasteiger partial charge in [-0.25, -0.2) is 0 Å². The summed E-state index contributed by atoms with van der Waals surface area (Å²) in [5, 5.41) is 3.90. The van der Waals surface area contributed by atoms with Crippen LogP contribution in [-0.2, 0) is 11.3 Å². The van der Waals surface area contributed by atoms with E-state index >= 15 is 0 Å². The first kappa shape index (κ1) is 17.4. The number of nitrogens with zero attached hydrogens (tertiary/aromatic N) is 4. The lowest BCUT2D eigenvalue weighted by Crippen LogP contribution is -2.41. The van der Waals surface area contributed by atoms with Gasteiger partial charge in [0.2, 0.25) is 11.8 Å². The Labute approximate surface area is 147 Å². The lowest BCUT2D eigenvalue weighted by atomic mass is 10.2. The van der Waals surface area contributed by atoms with Crippen LogP contribution in [0.2, 0.25) is 0 Å². The highest BCUT2D eigenvalue weighted by Gasteiger charge is 2.30. The second kappa shape index (κ2) is 8.11. The van der Waals surface area contributed by atoms with Gasteiger partial charge in [-0.1, -0.05) is 23.4 Å². The average molecular weight is 344 g/mol. The fourth-order valence-electron chi connectivity index (χ4n) is 3.13. The molecule has 1 saturated heterocycles. The van der Waals surface area contributed by atoms with E-state index in [4.69, 9.17) is 9.26 Å². The van der Waals surface area contributed by atoms with Crippen LogP contribution in [0, 0.1) is 6.92 Å². The van der Waals surface area contributed by atoms with Gasteiger partial charge in [0.05, 0.1) is 6.54 Å². The van der Waals surface area contributed by atoms with Crippen LogP contribution in [0.15, 0.2) is 34.9 Å². The number of hydrogen-bond donors (Lipinski definition) is 0. The van der Waals surface area contributed by atoms with E-state index in [1.54, 1.807) is 13.8 Å². The van der Waals surface area contributed by atoms with Crippen molar-refractivity contribution in [1.29, 1.82) is 0 Å². The van der Waals surface area contributed by atoms with Gasteiger partial charge >= 0.3 is 0 Å². The number of carbonyl (C=O) groups is 1. The van der Waals surface area contributed by atoms with Gasteiger partial charge in [-0.3, -0.25) is 9.69 Å². The zero-order valence-electron chi connectivity index (χ0n) is 14.7. The Morgan fingerprint density at radius 2 is 2.20 bits per heavy atom. The molecule has 7 heteroatoms. The number of para-hydroxylation sites is 1. The first-order valence-electron chi connectivity index (χ1n) is 8.58. The molecule has 0 N–H and O–H groups in total. The van der Waals surface area contributed by atoms with Crippen LogP contribution < -0.4 is 4.74 Å². The molecular weight excluding hydrogens is 320 g/mol. The summed E-state index contributed by atoms with van der Waals surface area (Å²) < 4.78 is 10.8. The summed E-state index contributed by atoms with van der Waals surface area (Å²) in [5.74, 6) is 1.99. The third-order valence-electron chi connectivity index (χ3n) is 4.39. The van der Waals surface area contributed by atoms with Crippen molar-refractivity contribution in [2.75, 3.05) is 26.2 Å². The van der Waals surface area contributed by atoms with Crippen molar-refractivity contribution in [1.82, 2.24) is 19.9 Å². The second-order valence-corrected chi connectivity index (χ2v) is 6.28. The van der Waals surface area contributed by atoms with Crippen molar-refractivity contribution in [2.45, 2.75) is 32.9 Å². The molecule has 0 aliphatic carbocycles. The molecule has 0 saturated carbocycles. The predicted octanol–water partition coefficient (Wildman–Crippen LogP) is 1.88. The SMILES string of the molecule is CC(=O)N(Cc1noc(C)n1)[C@@H]1CCN(CCOc2ccccc2)C1. The van der Waals surface area contributed by atoms with Gasteiger partial charge in [0.25, 0.3) is 0 Å². The second-order valence-electron chi connectivity index (χ2n) is 6.28. The average Bonchev–Trinajstić information content (AvgIpc) is 3.22. The topological polar surface area (TPSA) is 71.7 Å². The van der Waals surface area contributed by atoms with Crippen molar-refractivity contribution >= 4 is 5.91 Å². The Kier molecular flexibility index (Phi) is 5.65. The maximum Gasteiger partial charge on any atom is 0.223 e. The quantitative estimate of drug-likeness (QED) is 0.764. The Hall–Kier alpha value is -2.41. The minimum Gasteiger partial charge on any atom is -0.492 e. The number of benzene rings is 1. The van der Waals surface area contributed by atoms with E-state index in [-0.39, 0.29) is 11.9 Å². The van der Waals surface area contributed by atoms with Crippen molar-refractivity contribution in [3.05, 3.63) is 42.0 Å². The fraction of sp³-hybridized carbons (Fsp3) is 0.500. The highest BCUT2D eigenvalue weighted by atomic mass is 16.5. The van der Waals surface area contributed by atoms with Crippen molar-refractivity contribution in [2.24, 2.45) is 0 Å². The lowest BCUT2D eigenvalue weighted by Gasteiger charge is -2.27. The normalized spacial score (nSPS) is 17.6. The van der Waals surface area contributed by atoms with E-state index in [2.05, 4.69) is 15.0 Å². The largest absolute Gasteiger partial charge is 0.492 e. The fourth-order valence-corrected chi connectivity index (χ4v) is 3.13. The van der Waals surface area contributed by atoms with Crippen molar-refractivity contribution in [3.8, 4) is 5.75 Å². The van der Waals surface area contributed by atoms with Crippen LogP contribution in [0.1, 0.15) is 25.1 Å². The van der Waals surface area contributed by atoms with Crippen molar-refractivity contribution < 1.29 is 14.1 Å². The van der Waals surface area contributed by atoms with Gasteiger partial charge < -0.3 is 14.2 Å². The molecule has 2 heterocycles. The zero-order chi connectivity index (χ0) is 17.6. The Morgan fingerprint density at radius 3 is 2.88 bits per heavy atom. The third kappa shape index (κ3) is 4.79. The Bertz CT molecular complexity index is 689. The van der Waals surface area contributed by atoms with Gasteiger partial charge in [-0.05, 0) is 18.6 Å². The van der Waals surface area contributed by atoms with Crippen LogP contribution in [0.5, 0.6) is 5.75 Å². The number of amides is 1. The molecule has 0 bridgehead atoms. The highest BCUT2D eigenvalue weighted by molar-refractivity contribution is 5.73. The summed E-state index contributed by atoms with van der Waals surface area (Å²) in [7, 11) is 0. The molecule has 2 aromatic rings. The molecule has 0 unspecified atom stereocenters. The monoisotopic (exact) mass is 344 g/mol. The molecule has 25 heavy (non-hydrogen) atoms. The Balaban J connectivity index is 1.48. The summed E-state index contributed by atoms with van der Waals surface area (Å²) in [4.78, 5) is 20.4. The molecule has 134 valence electrons. The minimum absolute atomic E-state index is 0.0369. The molecule has 3 rings (SSSR count). The molecule has 1 fully saturated rings. The summed E-state index contributed by atoms with van der Waals surface area (Å²) in [5.41, 5.74) is 0. The summed E-state index contributed by atoms with van der Waals surface area (Å²) in [6.45, 7) is 7.02. The molecule has 1 aliphatic heterocycles. The van der Waals surface area contributed by atoms with Crippen LogP contribution in [0.4, 0.5) is 0 Å². The number of aryl methyl sites for hydroxylation is 1. The van der Waals surface area contributed by atoms with E-state index in [0.29, 0.717) is 24.9 Å². The van der Waals surface area contributed by atoms with Gasteiger partial charge in [0, 0.05) is 39.5 Å². The van der Waals surface area contributed by atoms with E-state index in [9.17, 15) is 4.79 Å². The molecule has 1 aliphatic rings. The molecule has 7 nitrogen and oxygen atoms in total. The Morgan fingerprint density at radius 1 is 1.40 bits per heavy atom. The molecule has 1 aromatic carbocycles. The maximum atomic E-state index is 12.0. The molecule has 1 amide bonds. The standard InChI is InChI=1S/C18H24N4O3/c1-14-19-18(20-25-14)13-22(15(2)23)16-8-9-21(12-16)10-11-24-17-6-4-3-5-7-17/h3-7,16H,8-13H2,1-2H3/t16-/m1/s1. The molecule has 0 radical (unpaired) electrons. The van der Waals surface area contributed by atoms with Gasteiger partial charge in [0.1, 0.15) is 12.4 Å². The lowest BCUT2D eigenvalue weighted by molar-refractivity contribution is -0.131. The molecule has 0 spiro atoms. The number of rotatable bonds is 7. The molecule has 1 aromatic heterocycles. The minimum atomic E-state index is 0.0369. The van der Waals surface area contributed by atoms with Crippen LogP contribution in [0.3, 0.4) is 0 Å². The smallest absolute Gasteiger partial charge is 0.223 e. The molecular formula is C18H24N4O3. The van der Waals surface area contributed by atoms with Gasteiger partial charge in [-0.2, -0.15) is 4.98 Å². The van der Waals surface area contributed by atoms with Crippen molar-refractivity contribution in [3.63, 3.8) is 0 Å². The highest BCUT2D eigenvalue weighted by Crippen LogP contribution is 2.18. The van der Waals surface area contributed by atoms with Crippen LogP contribution in [0.25, 0.3) is 0 Å². The predicted molar refractivity (Wildman–Crippen MR) is 92.0 cm³/mol. The first-order valence-corrected chi connectivity index (χ1v) is 8.58. The van der Waals surface area contributed by atoms with Gasteiger partial charge in [-0.15, -0.1) is 0 Å². The number of likely N-dealkylation sites (tertiary alicyclic amines) is 1. The number of hydrogen-bond acceptors (Lipinski definition) is 6. The van der Waals surface area contributed by atoms with E-state index < -0.39 is 0 Å². The number of aromatic nitrogens is 2. The first-order chi connectivity index (χ1) is 12.1. The van der Waals surface area contributed by atoms with E-state index in [0.717, 1.165) is 31.8 Å². The maximum absolute atomic E-state index is 12.0. The number of carbonyl (C=O) groups excluding carboxylic acids is 1. The van der Waals surface area contributed by atoms with Crippen LogP contribution >= 0.6 is 0 Å². The van der Waals surface area contributed by atoms with E-state index in [1.807, 2.05) is 35.2 Å². The molecule has 1 atom stereocenters. The summed E-state index contributed by atoms with van der Waals surface area (Å²) >= 11 is 0. The van der Waals surface area contributed by atoms with E-state index in [1.165, 1.54) is 0 Å². The third-order valence-corrected chi connectivity index (χ3v) is 4.39.